The minimum atomic E-state index is -3.54. The maximum absolute atomic E-state index is 12.5. The van der Waals surface area contributed by atoms with Gasteiger partial charge >= 0.3 is 0 Å². The van der Waals surface area contributed by atoms with Crippen LogP contribution in [0.3, 0.4) is 0 Å². The lowest BCUT2D eigenvalue weighted by molar-refractivity contribution is -0.117. The zero-order valence-electron chi connectivity index (χ0n) is 15.6. The zero-order chi connectivity index (χ0) is 18.7. The molecule has 6 nitrogen and oxygen atoms in total. The Bertz CT molecular complexity index is 757. The van der Waals surface area contributed by atoms with Crippen LogP contribution in [0.1, 0.15) is 44.1 Å². The number of amides is 1. The van der Waals surface area contributed by atoms with E-state index in [1.807, 2.05) is 0 Å². The Kier molecular flexibility index (Phi) is 5.99. The molecule has 7 heteroatoms. The lowest BCUT2D eigenvalue weighted by Gasteiger charge is -2.28. The van der Waals surface area contributed by atoms with E-state index in [4.69, 9.17) is 0 Å². The van der Waals surface area contributed by atoms with Gasteiger partial charge in [-0.05, 0) is 69.8 Å². The predicted molar refractivity (Wildman–Crippen MR) is 103 cm³/mol. The number of likely N-dealkylation sites (tertiary alicyclic amines) is 1. The SMILES string of the molecule is CNS(=O)(=O)c1cc(NC(=O)CN2CCCC2C2CCCC2)ccc1C. The van der Waals surface area contributed by atoms with Crippen LogP contribution in [0.25, 0.3) is 0 Å². The normalized spacial score (nSPS) is 22.0. The molecular weight excluding hydrogens is 350 g/mol. The maximum atomic E-state index is 12.5. The summed E-state index contributed by atoms with van der Waals surface area (Å²) >= 11 is 0. The van der Waals surface area contributed by atoms with E-state index in [1.54, 1.807) is 19.1 Å². The zero-order valence-corrected chi connectivity index (χ0v) is 16.4. The van der Waals surface area contributed by atoms with Crippen LogP contribution in [-0.2, 0) is 14.8 Å². The monoisotopic (exact) mass is 379 g/mol. The molecule has 1 aliphatic carbocycles. The molecule has 0 aromatic heterocycles. The van der Waals surface area contributed by atoms with Gasteiger partial charge in [0.05, 0.1) is 11.4 Å². The molecule has 1 saturated heterocycles. The van der Waals surface area contributed by atoms with E-state index in [0.717, 1.165) is 18.9 Å². The topological polar surface area (TPSA) is 78.5 Å². The molecule has 144 valence electrons. The van der Waals surface area contributed by atoms with E-state index in [9.17, 15) is 13.2 Å². The summed E-state index contributed by atoms with van der Waals surface area (Å²) in [5.74, 6) is 0.656. The first-order valence-corrected chi connectivity index (χ1v) is 11.0. The minimum absolute atomic E-state index is 0.0773. The molecule has 0 spiro atoms. The molecular formula is C19H29N3O3S. The number of benzene rings is 1. The molecule has 1 aromatic rings. The summed E-state index contributed by atoms with van der Waals surface area (Å²) in [7, 11) is -2.16. The van der Waals surface area contributed by atoms with Crippen LogP contribution in [0, 0.1) is 12.8 Å². The highest BCUT2D eigenvalue weighted by molar-refractivity contribution is 7.89. The van der Waals surface area contributed by atoms with Gasteiger partial charge in [-0.3, -0.25) is 9.69 Å². The van der Waals surface area contributed by atoms with Crippen molar-refractivity contribution in [2.45, 2.75) is 56.4 Å². The number of anilines is 1. The summed E-state index contributed by atoms with van der Waals surface area (Å²) in [5.41, 5.74) is 1.17. The number of aryl methyl sites for hydroxylation is 1. The Morgan fingerprint density at radius 2 is 1.92 bits per heavy atom. The number of nitrogens with zero attached hydrogens (tertiary/aromatic N) is 1. The van der Waals surface area contributed by atoms with Crippen molar-refractivity contribution in [3.05, 3.63) is 23.8 Å². The molecule has 2 N–H and O–H groups in total. The van der Waals surface area contributed by atoms with Gasteiger partial charge in [0.15, 0.2) is 0 Å². The molecule has 1 heterocycles. The number of nitrogens with one attached hydrogen (secondary N) is 2. The smallest absolute Gasteiger partial charge is 0.240 e. The number of sulfonamides is 1. The van der Waals surface area contributed by atoms with Crippen molar-refractivity contribution in [1.82, 2.24) is 9.62 Å². The van der Waals surface area contributed by atoms with Crippen molar-refractivity contribution in [3.63, 3.8) is 0 Å². The van der Waals surface area contributed by atoms with E-state index >= 15 is 0 Å². The lowest BCUT2D eigenvalue weighted by atomic mass is 9.96. The molecule has 1 amide bonds. The van der Waals surface area contributed by atoms with Crippen LogP contribution >= 0.6 is 0 Å². The number of carbonyl (C=O) groups excluding carboxylic acids is 1. The first-order chi connectivity index (χ1) is 12.4. The standard InChI is InChI=1S/C19H29N3O3S/c1-14-9-10-16(12-18(14)26(24,25)20-2)21-19(23)13-22-11-5-8-17(22)15-6-3-4-7-15/h9-10,12,15,17,20H,3-8,11,13H2,1-2H3,(H,21,23). The van der Waals surface area contributed by atoms with Crippen molar-refractivity contribution in [1.29, 1.82) is 0 Å². The third-order valence-electron chi connectivity index (χ3n) is 5.74. The molecule has 2 fully saturated rings. The van der Waals surface area contributed by atoms with Gasteiger partial charge in [0.2, 0.25) is 15.9 Å². The van der Waals surface area contributed by atoms with Gasteiger partial charge in [0.25, 0.3) is 0 Å². The first kappa shape index (κ1) is 19.3. The minimum Gasteiger partial charge on any atom is -0.325 e. The van der Waals surface area contributed by atoms with Crippen molar-refractivity contribution < 1.29 is 13.2 Å². The Hall–Kier alpha value is -1.44. The largest absolute Gasteiger partial charge is 0.325 e. The quantitative estimate of drug-likeness (QED) is 0.796. The van der Waals surface area contributed by atoms with E-state index < -0.39 is 10.0 Å². The van der Waals surface area contributed by atoms with Gasteiger partial charge in [0.1, 0.15) is 0 Å². The van der Waals surface area contributed by atoms with Gasteiger partial charge in [-0.15, -0.1) is 0 Å². The number of hydrogen-bond acceptors (Lipinski definition) is 4. The van der Waals surface area contributed by atoms with Crippen LogP contribution in [0.15, 0.2) is 23.1 Å². The summed E-state index contributed by atoms with van der Waals surface area (Å²) < 4.78 is 26.5. The lowest BCUT2D eigenvalue weighted by Crippen LogP contribution is -2.40. The Morgan fingerprint density at radius 1 is 1.19 bits per heavy atom. The van der Waals surface area contributed by atoms with Gasteiger partial charge < -0.3 is 5.32 Å². The van der Waals surface area contributed by atoms with Crippen LogP contribution in [0.4, 0.5) is 5.69 Å². The number of carbonyl (C=O) groups is 1. The first-order valence-electron chi connectivity index (χ1n) is 9.49. The molecule has 1 atom stereocenters. The Labute approximate surface area is 156 Å². The average molecular weight is 380 g/mol. The molecule has 3 rings (SSSR count). The second-order valence-corrected chi connectivity index (χ2v) is 9.32. The van der Waals surface area contributed by atoms with Crippen molar-refractivity contribution in [3.8, 4) is 0 Å². The molecule has 1 saturated carbocycles. The van der Waals surface area contributed by atoms with E-state index in [2.05, 4.69) is 14.9 Å². The fourth-order valence-corrected chi connectivity index (χ4v) is 5.38. The summed E-state index contributed by atoms with van der Waals surface area (Å²) in [6.45, 7) is 3.09. The number of rotatable bonds is 6. The third-order valence-corrected chi connectivity index (χ3v) is 7.29. The molecule has 0 radical (unpaired) electrons. The van der Waals surface area contributed by atoms with Gasteiger partial charge in [-0.25, -0.2) is 13.1 Å². The Morgan fingerprint density at radius 3 is 2.62 bits per heavy atom. The van der Waals surface area contributed by atoms with Gasteiger partial charge in [-0.1, -0.05) is 18.9 Å². The summed E-state index contributed by atoms with van der Waals surface area (Å²) in [4.78, 5) is 15.0. The highest BCUT2D eigenvalue weighted by Crippen LogP contribution is 2.35. The second-order valence-electron chi connectivity index (χ2n) is 7.46. The highest BCUT2D eigenvalue weighted by atomic mass is 32.2. The molecule has 0 bridgehead atoms. The summed E-state index contributed by atoms with van der Waals surface area (Å²) in [6, 6.07) is 5.52. The van der Waals surface area contributed by atoms with Crippen molar-refractivity contribution in [2.24, 2.45) is 5.92 Å². The van der Waals surface area contributed by atoms with Crippen LogP contribution in [0.2, 0.25) is 0 Å². The van der Waals surface area contributed by atoms with E-state index in [0.29, 0.717) is 23.8 Å². The molecule has 1 unspecified atom stereocenters. The Balaban J connectivity index is 1.65. The molecule has 26 heavy (non-hydrogen) atoms. The van der Waals surface area contributed by atoms with Crippen LogP contribution < -0.4 is 10.0 Å². The maximum Gasteiger partial charge on any atom is 0.240 e. The van der Waals surface area contributed by atoms with Crippen molar-refractivity contribution in [2.75, 3.05) is 25.5 Å². The van der Waals surface area contributed by atoms with Gasteiger partial charge in [0, 0.05) is 11.7 Å². The fourth-order valence-electron chi connectivity index (χ4n) is 4.39. The highest BCUT2D eigenvalue weighted by Gasteiger charge is 2.34. The number of hydrogen-bond donors (Lipinski definition) is 2. The third kappa shape index (κ3) is 4.27. The summed E-state index contributed by atoms with van der Waals surface area (Å²) in [6.07, 6.45) is 7.54. The summed E-state index contributed by atoms with van der Waals surface area (Å²) in [5, 5.41) is 2.87. The predicted octanol–water partition coefficient (Wildman–Crippen LogP) is 2.50. The molecule has 1 aromatic carbocycles. The van der Waals surface area contributed by atoms with Crippen LogP contribution in [-0.4, -0.2) is 45.4 Å². The van der Waals surface area contributed by atoms with Gasteiger partial charge in [-0.2, -0.15) is 0 Å². The molecule has 1 aliphatic heterocycles. The van der Waals surface area contributed by atoms with E-state index in [-0.39, 0.29) is 10.8 Å². The second kappa shape index (κ2) is 8.06. The average Bonchev–Trinajstić information content (AvgIpc) is 3.27. The van der Waals surface area contributed by atoms with E-state index in [1.165, 1.54) is 45.2 Å². The molecule has 2 aliphatic rings. The van der Waals surface area contributed by atoms with Crippen molar-refractivity contribution >= 4 is 21.6 Å². The fraction of sp³-hybridized carbons (Fsp3) is 0.632. The van der Waals surface area contributed by atoms with Crippen LogP contribution in [0.5, 0.6) is 0 Å².